The van der Waals surface area contributed by atoms with E-state index in [9.17, 15) is 0 Å². The monoisotopic (exact) mass is 235 g/mol. The van der Waals surface area contributed by atoms with Crippen LogP contribution in [0.5, 0.6) is 5.75 Å². The molecule has 2 nitrogen and oxygen atoms in total. The Hall–Kier alpha value is -1.02. The number of aryl methyl sites for hydroxylation is 1. The SMILES string of the molecule is CCCC(N)c1c(C)cc(OCC)c(C)c1C. The average molecular weight is 235 g/mol. The van der Waals surface area contributed by atoms with Gasteiger partial charge in [-0.15, -0.1) is 0 Å². The Labute approximate surface area is 105 Å². The van der Waals surface area contributed by atoms with Crippen molar-refractivity contribution in [2.24, 2.45) is 5.73 Å². The Bertz CT molecular complexity index is 385. The molecule has 0 saturated carbocycles. The summed E-state index contributed by atoms with van der Waals surface area (Å²) in [5, 5.41) is 0. The van der Waals surface area contributed by atoms with Crippen LogP contribution in [0.4, 0.5) is 0 Å². The summed E-state index contributed by atoms with van der Waals surface area (Å²) in [5.74, 6) is 0.995. The fourth-order valence-electron chi connectivity index (χ4n) is 2.40. The third kappa shape index (κ3) is 3.01. The van der Waals surface area contributed by atoms with Crippen LogP contribution in [0.15, 0.2) is 6.07 Å². The molecule has 1 unspecified atom stereocenters. The Kier molecular flexibility index (Phi) is 5.01. The molecule has 1 atom stereocenters. The van der Waals surface area contributed by atoms with Crippen LogP contribution < -0.4 is 10.5 Å². The minimum atomic E-state index is 0.148. The molecule has 2 heteroatoms. The second-order valence-corrected chi connectivity index (χ2v) is 4.68. The first kappa shape index (κ1) is 14.0. The lowest BCUT2D eigenvalue weighted by atomic mass is 9.90. The summed E-state index contributed by atoms with van der Waals surface area (Å²) in [6, 6.07) is 2.27. The number of hydrogen-bond acceptors (Lipinski definition) is 2. The van der Waals surface area contributed by atoms with Gasteiger partial charge in [-0.1, -0.05) is 13.3 Å². The van der Waals surface area contributed by atoms with E-state index in [1.165, 1.54) is 22.3 Å². The van der Waals surface area contributed by atoms with Gasteiger partial charge < -0.3 is 10.5 Å². The van der Waals surface area contributed by atoms with Crippen molar-refractivity contribution >= 4 is 0 Å². The number of ether oxygens (including phenoxy) is 1. The summed E-state index contributed by atoms with van der Waals surface area (Å²) >= 11 is 0. The first-order valence-corrected chi connectivity index (χ1v) is 6.51. The molecule has 0 spiro atoms. The number of benzene rings is 1. The van der Waals surface area contributed by atoms with Gasteiger partial charge in [0.15, 0.2) is 0 Å². The van der Waals surface area contributed by atoms with Crippen molar-refractivity contribution < 1.29 is 4.74 Å². The van der Waals surface area contributed by atoms with E-state index in [0.29, 0.717) is 6.61 Å². The quantitative estimate of drug-likeness (QED) is 0.842. The third-order valence-electron chi connectivity index (χ3n) is 3.38. The molecular formula is C15H25NO. The van der Waals surface area contributed by atoms with Crippen LogP contribution in [0.3, 0.4) is 0 Å². The van der Waals surface area contributed by atoms with E-state index in [0.717, 1.165) is 18.6 Å². The van der Waals surface area contributed by atoms with Gasteiger partial charge in [-0.2, -0.15) is 0 Å². The Morgan fingerprint density at radius 2 is 1.82 bits per heavy atom. The lowest BCUT2D eigenvalue weighted by molar-refractivity contribution is 0.337. The molecule has 2 N–H and O–H groups in total. The van der Waals surface area contributed by atoms with Crippen molar-refractivity contribution in [3.8, 4) is 5.75 Å². The maximum absolute atomic E-state index is 6.26. The van der Waals surface area contributed by atoms with Gasteiger partial charge in [0.05, 0.1) is 6.61 Å². The predicted molar refractivity (Wildman–Crippen MR) is 73.7 cm³/mol. The predicted octanol–water partition coefficient (Wildman–Crippen LogP) is 3.81. The molecule has 1 rings (SSSR count). The van der Waals surface area contributed by atoms with Crippen LogP contribution in [0.2, 0.25) is 0 Å². The van der Waals surface area contributed by atoms with Crippen molar-refractivity contribution in [1.82, 2.24) is 0 Å². The molecule has 0 saturated heterocycles. The van der Waals surface area contributed by atoms with Crippen LogP contribution in [0.25, 0.3) is 0 Å². The fourth-order valence-corrected chi connectivity index (χ4v) is 2.40. The van der Waals surface area contributed by atoms with Crippen LogP contribution in [-0.2, 0) is 0 Å². The molecule has 0 aromatic heterocycles. The van der Waals surface area contributed by atoms with Gasteiger partial charge in [0.1, 0.15) is 5.75 Å². The van der Waals surface area contributed by atoms with E-state index >= 15 is 0 Å². The van der Waals surface area contributed by atoms with Gasteiger partial charge in [0, 0.05) is 6.04 Å². The summed E-state index contributed by atoms with van der Waals surface area (Å²) < 4.78 is 5.65. The van der Waals surface area contributed by atoms with Crippen LogP contribution >= 0.6 is 0 Å². The van der Waals surface area contributed by atoms with E-state index in [1.807, 2.05) is 6.92 Å². The summed E-state index contributed by atoms with van der Waals surface area (Å²) in [7, 11) is 0. The smallest absolute Gasteiger partial charge is 0.122 e. The summed E-state index contributed by atoms with van der Waals surface area (Å²) in [5.41, 5.74) is 11.3. The topological polar surface area (TPSA) is 35.2 Å². The van der Waals surface area contributed by atoms with Crippen LogP contribution in [0.1, 0.15) is 55.0 Å². The first-order chi connectivity index (χ1) is 8.02. The van der Waals surface area contributed by atoms with Crippen molar-refractivity contribution in [2.75, 3.05) is 6.61 Å². The molecule has 1 aromatic rings. The summed E-state index contributed by atoms with van der Waals surface area (Å²) in [4.78, 5) is 0. The molecular weight excluding hydrogens is 210 g/mol. The molecule has 0 aliphatic carbocycles. The van der Waals surface area contributed by atoms with Crippen molar-refractivity contribution in [1.29, 1.82) is 0 Å². The molecule has 0 radical (unpaired) electrons. The van der Waals surface area contributed by atoms with Gasteiger partial charge in [-0.25, -0.2) is 0 Å². The Morgan fingerprint density at radius 3 is 2.35 bits per heavy atom. The second kappa shape index (κ2) is 6.06. The summed E-state index contributed by atoms with van der Waals surface area (Å²) in [6.07, 6.45) is 2.15. The van der Waals surface area contributed by atoms with Gasteiger partial charge in [0.2, 0.25) is 0 Å². The van der Waals surface area contributed by atoms with Crippen molar-refractivity contribution in [3.63, 3.8) is 0 Å². The van der Waals surface area contributed by atoms with Gasteiger partial charge in [-0.05, 0) is 62.4 Å². The molecule has 0 amide bonds. The highest BCUT2D eigenvalue weighted by molar-refractivity contribution is 5.49. The van der Waals surface area contributed by atoms with Gasteiger partial charge in [-0.3, -0.25) is 0 Å². The molecule has 0 bridgehead atoms. The zero-order valence-corrected chi connectivity index (χ0v) is 11.8. The lowest BCUT2D eigenvalue weighted by Gasteiger charge is -2.21. The molecule has 17 heavy (non-hydrogen) atoms. The molecule has 0 heterocycles. The lowest BCUT2D eigenvalue weighted by Crippen LogP contribution is -2.14. The van der Waals surface area contributed by atoms with Crippen molar-refractivity contribution in [3.05, 3.63) is 28.3 Å². The number of rotatable bonds is 5. The van der Waals surface area contributed by atoms with E-state index < -0.39 is 0 Å². The largest absolute Gasteiger partial charge is 0.494 e. The van der Waals surface area contributed by atoms with E-state index in [-0.39, 0.29) is 6.04 Å². The van der Waals surface area contributed by atoms with Gasteiger partial charge >= 0.3 is 0 Å². The highest BCUT2D eigenvalue weighted by Gasteiger charge is 2.15. The zero-order valence-electron chi connectivity index (χ0n) is 11.8. The van der Waals surface area contributed by atoms with Crippen LogP contribution in [-0.4, -0.2) is 6.61 Å². The maximum atomic E-state index is 6.26. The molecule has 0 aliphatic heterocycles. The van der Waals surface area contributed by atoms with E-state index in [4.69, 9.17) is 10.5 Å². The highest BCUT2D eigenvalue weighted by Crippen LogP contribution is 2.32. The van der Waals surface area contributed by atoms with Gasteiger partial charge in [0.25, 0.3) is 0 Å². The normalized spacial score (nSPS) is 12.6. The molecule has 0 fully saturated rings. The first-order valence-electron chi connectivity index (χ1n) is 6.51. The van der Waals surface area contributed by atoms with E-state index in [1.54, 1.807) is 0 Å². The number of hydrogen-bond donors (Lipinski definition) is 1. The zero-order chi connectivity index (χ0) is 13.0. The molecule has 96 valence electrons. The number of nitrogens with two attached hydrogens (primary N) is 1. The second-order valence-electron chi connectivity index (χ2n) is 4.68. The Morgan fingerprint density at radius 1 is 1.18 bits per heavy atom. The van der Waals surface area contributed by atoms with Crippen molar-refractivity contribution in [2.45, 2.75) is 53.5 Å². The minimum absolute atomic E-state index is 0.148. The minimum Gasteiger partial charge on any atom is -0.494 e. The highest BCUT2D eigenvalue weighted by atomic mass is 16.5. The maximum Gasteiger partial charge on any atom is 0.122 e. The fraction of sp³-hybridized carbons (Fsp3) is 0.600. The van der Waals surface area contributed by atoms with Crippen LogP contribution in [0, 0.1) is 20.8 Å². The Balaban J connectivity index is 3.20. The molecule has 0 aliphatic rings. The summed E-state index contributed by atoms with van der Waals surface area (Å²) in [6.45, 7) is 11.3. The average Bonchev–Trinajstić information content (AvgIpc) is 2.26. The standard InChI is InChI=1S/C15H25NO/c1-6-8-13(16)15-10(3)9-14(17-7-2)11(4)12(15)5/h9,13H,6-8,16H2,1-5H3. The molecule has 1 aromatic carbocycles. The van der Waals surface area contributed by atoms with E-state index in [2.05, 4.69) is 33.8 Å². The third-order valence-corrected chi connectivity index (χ3v) is 3.38.